The fraction of sp³-hybridized carbons (Fsp3) is 1.00. The molecule has 16 rings (SSSR count). The maximum atomic E-state index is 14.3. The minimum atomic E-state index is -2.53. The van der Waals surface area contributed by atoms with Gasteiger partial charge in [-0.2, -0.15) is 0 Å². The van der Waals surface area contributed by atoms with E-state index in [2.05, 4.69) is 287 Å². The van der Waals surface area contributed by atoms with Crippen molar-refractivity contribution in [3.05, 3.63) is 0 Å². The fourth-order valence-corrected chi connectivity index (χ4v) is 26.1. The number of ether oxygens (including phenoxy) is 1. The van der Waals surface area contributed by atoms with E-state index < -0.39 is 11.3 Å². The molecule has 13 aliphatic heterocycles. The van der Waals surface area contributed by atoms with Gasteiger partial charge in [-0.1, -0.05) is 107 Å². The van der Waals surface area contributed by atoms with Gasteiger partial charge in [0.2, 0.25) is 0 Å². The summed E-state index contributed by atoms with van der Waals surface area (Å²) >= 11 is 0. The summed E-state index contributed by atoms with van der Waals surface area (Å²) in [4.78, 5) is 33.1. The standard InChI is InChI=1S/2C15H30N2.C14H28N2O.C14H28N2.C13H24F2N2.C13H25N.2C12H23N.3C4H10/c1-13(2)16-9-5-15(6-10-16)7-11-17(12-8-15)14(3)4;1-13(2)16-10-7-15(8-11-16)6-5-9-17(12-15)14(3)4;1-12(2)15-7-5-14(6-8-15)11-16(13(3)4)9-10-17-14;1-12(2)15-8-5-14(6-9-15)7-10-16(11-14)13(3)4;1-10(2)16-6-5-12(13(14,15)9-16)7-17(8-12)11(3)4;1-12(2)14-10-8-13(9-11-14)6-4-3-5-7-13;2*1-11(2)13-9-7-12(8-10-13)5-3-4-6-12;3*1-4(2)3/h2*13-14H,5-12H2,1-4H3;12-13H,5-11H2,1-4H3;12-13H,5-11H2,1-4H3;10-11H,5-9H2,1-4H3;12H,3-11H2,1-2H3;2*11H,3-10H2,1-2H3;3*4H,1-3H3. The third-order valence-corrected chi connectivity index (χ3v) is 37.0. The number of hydrogen-bond donors (Lipinski definition) is 0. The lowest BCUT2D eigenvalue weighted by molar-refractivity contribution is -0.232. The maximum absolute atomic E-state index is 14.3. The molecule has 0 atom stereocenters. The van der Waals surface area contributed by atoms with Crippen molar-refractivity contribution in [3.8, 4) is 0 Å². The van der Waals surface area contributed by atoms with Crippen LogP contribution in [-0.2, 0) is 4.74 Å². The van der Waals surface area contributed by atoms with E-state index >= 15 is 0 Å². The van der Waals surface area contributed by atoms with E-state index in [1.54, 1.807) is 0 Å². The highest BCUT2D eigenvalue weighted by Gasteiger charge is 2.63. The van der Waals surface area contributed by atoms with Crippen molar-refractivity contribution >= 4 is 0 Å². The largest absolute Gasteiger partial charge is 0.372 e. The van der Waals surface area contributed by atoms with Gasteiger partial charge in [0.25, 0.3) is 5.92 Å². The minimum Gasteiger partial charge on any atom is -0.372 e. The summed E-state index contributed by atoms with van der Waals surface area (Å²) in [6.07, 6.45) is 47.4. The molecule has 0 radical (unpaired) electrons. The zero-order valence-electron chi connectivity index (χ0n) is 98.1. The molecule has 16 fully saturated rings. The van der Waals surface area contributed by atoms with Crippen LogP contribution in [0.2, 0.25) is 0 Å². The molecule has 0 aromatic carbocycles. The first-order chi connectivity index (χ1) is 63.7. The first kappa shape index (κ1) is 124. The van der Waals surface area contributed by atoms with Crippen molar-refractivity contribution in [1.82, 2.24) is 63.7 Å². The van der Waals surface area contributed by atoms with Crippen LogP contribution in [-0.4, -0.2) is 331 Å². The maximum Gasteiger partial charge on any atom is 0.268 e. The van der Waals surface area contributed by atoms with Crippen LogP contribution in [0, 0.1) is 55.7 Å². The number of piperidine rings is 10. The predicted molar refractivity (Wildman–Crippen MR) is 592 cm³/mol. The Morgan fingerprint density at radius 3 is 0.588 bits per heavy atom. The Morgan fingerprint density at radius 2 is 0.346 bits per heavy atom. The molecule has 16 aliphatic rings. The number of halogens is 2. The Bertz CT molecular complexity index is 2880. The molecule has 13 heterocycles. The second-order valence-corrected chi connectivity index (χ2v) is 54.1. The van der Waals surface area contributed by atoms with Gasteiger partial charge in [-0.15, -0.1) is 0 Å². The van der Waals surface area contributed by atoms with Crippen LogP contribution >= 0.6 is 0 Å². The number of nitrogens with zero attached hydrogens (tertiary/aromatic N) is 13. The molecule has 3 saturated carbocycles. The number of alkyl halides is 2. The van der Waals surface area contributed by atoms with E-state index in [1.165, 1.54) is 336 Å². The Labute approximate surface area is 848 Å². The summed E-state index contributed by atoms with van der Waals surface area (Å²) < 4.78 is 34.7. The molecule has 0 aromatic rings. The van der Waals surface area contributed by atoms with E-state index in [0.717, 1.165) is 115 Å². The Hall–Kier alpha value is -0.700. The van der Waals surface area contributed by atoms with Gasteiger partial charge in [0.1, 0.15) is 0 Å². The molecule has 3 aliphatic carbocycles. The van der Waals surface area contributed by atoms with Crippen LogP contribution in [0.25, 0.3) is 0 Å². The van der Waals surface area contributed by atoms with Gasteiger partial charge >= 0.3 is 0 Å². The summed E-state index contributed by atoms with van der Waals surface area (Å²) in [6, 6.07) is 8.64. The van der Waals surface area contributed by atoms with E-state index in [0.29, 0.717) is 53.9 Å². The summed E-state index contributed by atoms with van der Waals surface area (Å²) in [5, 5.41) is 0. The van der Waals surface area contributed by atoms with E-state index in [4.69, 9.17) is 4.74 Å². The predicted octanol–water partition coefficient (Wildman–Crippen LogP) is 27.5. The summed E-state index contributed by atoms with van der Waals surface area (Å²) in [7, 11) is 0. The van der Waals surface area contributed by atoms with Crippen LogP contribution in [0.4, 0.5) is 8.78 Å². The fourth-order valence-electron chi connectivity index (χ4n) is 26.1. The molecule has 0 N–H and O–H groups in total. The van der Waals surface area contributed by atoms with Crippen LogP contribution < -0.4 is 0 Å². The molecule has 0 bridgehead atoms. The smallest absolute Gasteiger partial charge is 0.268 e. The molecule has 806 valence electrons. The SMILES string of the molecule is CC(C)C.CC(C)C.CC(C)C.CC(C)N1CCC2(CC1)CCN(C(C)C)C2.CC(C)N1CCC2(CC1)CCN(C(C)C)CC2.CC(C)N1CCC2(CC1)CN(C(C)C)CCO2.CC(C)N1CCC2(CCCC2)CC1.CC(C)N1CCC2(CCCC2)CC1.CC(C)N1CCC2(CCCCC2)CC1.CC(C)N1CCC2(CCCN(C(C)C)C2)CC1.CC(C)N1CCC2(CN(C(C)C)C2)C(F)(F)C1. The number of morpholine rings is 1. The molecule has 16 heteroatoms. The highest BCUT2D eigenvalue weighted by molar-refractivity contribution is 5.09. The molecular weight excluding hydrogens is 1680 g/mol. The van der Waals surface area contributed by atoms with Crippen molar-refractivity contribution in [2.75, 3.05) is 177 Å². The number of hydrogen-bond acceptors (Lipinski definition) is 14. The molecule has 13 saturated heterocycles. The van der Waals surface area contributed by atoms with Crippen LogP contribution in [0.5, 0.6) is 0 Å². The van der Waals surface area contributed by atoms with Gasteiger partial charge in [-0.05, 0) is 508 Å². The Balaban J connectivity index is 0.000000235. The summed E-state index contributed by atoms with van der Waals surface area (Å²) in [5.74, 6) is -0.0269. The third-order valence-electron chi connectivity index (χ3n) is 37.0. The number of likely N-dealkylation sites (tertiary alicyclic amines) is 12. The average Bonchev–Trinajstić information content (AvgIpc) is 0.859. The quantitative estimate of drug-likeness (QED) is 0.176. The molecule has 8 spiro atoms. The topological polar surface area (TPSA) is 51.4 Å². The van der Waals surface area contributed by atoms with Gasteiger partial charge in [0.05, 0.1) is 24.2 Å². The molecule has 0 aromatic heterocycles. The summed E-state index contributed by atoms with van der Waals surface area (Å²) in [5.41, 5.74) is 3.84. The Morgan fingerprint density at radius 1 is 0.162 bits per heavy atom. The minimum absolute atomic E-state index is 0.0589. The second kappa shape index (κ2) is 58.9. The third kappa shape index (κ3) is 40.4. The van der Waals surface area contributed by atoms with Crippen molar-refractivity contribution in [2.45, 2.75) is 544 Å². The van der Waals surface area contributed by atoms with Crippen molar-refractivity contribution < 1.29 is 13.5 Å². The van der Waals surface area contributed by atoms with Crippen molar-refractivity contribution in [1.29, 1.82) is 0 Å². The van der Waals surface area contributed by atoms with Crippen LogP contribution in [0.15, 0.2) is 0 Å². The van der Waals surface area contributed by atoms with Crippen LogP contribution in [0.3, 0.4) is 0 Å². The summed E-state index contributed by atoms with van der Waals surface area (Å²) in [6.45, 7) is 110. The number of rotatable bonds is 13. The average molecular weight is 1920 g/mol. The Kier molecular flexibility index (Phi) is 53.7. The van der Waals surface area contributed by atoms with Gasteiger partial charge in [-0.25, -0.2) is 8.78 Å². The van der Waals surface area contributed by atoms with Gasteiger partial charge in [0.15, 0.2) is 0 Å². The molecule has 0 unspecified atom stereocenters. The highest BCUT2D eigenvalue weighted by Crippen LogP contribution is 2.53. The highest BCUT2D eigenvalue weighted by atomic mass is 19.3. The second-order valence-electron chi connectivity index (χ2n) is 54.1. The van der Waals surface area contributed by atoms with Crippen molar-refractivity contribution in [3.63, 3.8) is 0 Å². The lowest BCUT2D eigenvalue weighted by Crippen LogP contribution is -2.71. The van der Waals surface area contributed by atoms with Crippen molar-refractivity contribution in [2.24, 2.45) is 55.7 Å². The zero-order valence-corrected chi connectivity index (χ0v) is 98.1. The monoisotopic (exact) mass is 1920 g/mol. The van der Waals surface area contributed by atoms with E-state index in [1.807, 2.05) is 18.7 Å². The van der Waals surface area contributed by atoms with Gasteiger partial charge in [-0.3, -0.25) is 14.7 Å². The molecule has 14 nitrogen and oxygen atoms in total. The van der Waals surface area contributed by atoms with Gasteiger partial charge in [0, 0.05) is 131 Å². The first-order valence-corrected chi connectivity index (χ1v) is 59.4. The van der Waals surface area contributed by atoms with E-state index in [9.17, 15) is 8.78 Å². The van der Waals surface area contributed by atoms with Crippen LogP contribution in [0.1, 0.15) is 454 Å². The molecule has 0 amide bonds. The lowest BCUT2D eigenvalue weighted by atomic mass is 9.68. The normalized spacial score (nSPS) is 26.3. The first-order valence-electron chi connectivity index (χ1n) is 59.4. The van der Waals surface area contributed by atoms with E-state index in [-0.39, 0.29) is 18.2 Å². The lowest BCUT2D eigenvalue weighted by Gasteiger charge is -2.59. The zero-order chi connectivity index (χ0) is 101. The molecular formula is C120H241F2N13O. The molecule has 136 heavy (non-hydrogen) atoms. The van der Waals surface area contributed by atoms with Gasteiger partial charge < -0.3 is 53.7 Å².